The van der Waals surface area contributed by atoms with Crippen molar-refractivity contribution in [3.63, 3.8) is 0 Å². The number of hydrogen-bond donors (Lipinski definition) is 1. The first-order chi connectivity index (χ1) is 15.4. The SMILES string of the molecule is C=CC[C@H]1c2ccccc2-c2c(C)c(-c3ccc(C)cc3)c(CC(=O)O)c(C)c2N1SC. The molecule has 0 aliphatic carbocycles. The molecule has 3 aromatic rings. The van der Waals surface area contributed by atoms with Crippen molar-refractivity contribution in [2.24, 2.45) is 0 Å². The summed E-state index contributed by atoms with van der Waals surface area (Å²) in [7, 11) is 0. The molecule has 1 aliphatic heterocycles. The Balaban J connectivity index is 2.12. The van der Waals surface area contributed by atoms with Gasteiger partial charge in [-0.3, -0.25) is 4.79 Å². The summed E-state index contributed by atoms with van der Waals surface area (Å²) in [5.74, 6) is -0.810. The monoisotopic (exact) mass is 443 g/mol. The smallest absolute Gasteiger partial charge is 0.307 e. The number of carbonyl (C=O) groups is 1. The number of aliphatic carboxylic acids is 1. The van der Waals surface area contributed by atoms with Crippen LogP contribution in [-0.2, 0) is 11.2 Å². The Morgan fingerprint density at radius 1 is 1.06 bits per heavy atom. The maximum Gasteiger partial charge on any atom is 0.307 e. The van der Waals surface area contributed by atoms with Gasteiger partial charge in [0.2, 0.25) is 0 Å². The molecule has 0 amide bonds. The number of fused-ring (bicyclic) bond motifs is 3. The Labute approximate surface area is 194 Å². The van der Waals surface area contributed by atoms with Gasteiger partial charge >= 0.3 is 5.97 Å². The predicted octanol–water partition coefficient (Wildman–Crippen LogP) is 7.29. The molecule has 32 heavy (non-hydrogen) atoms. The lowest BCUT2D eigenvalue weighted by Gasteiger charge is -2.41. The number of aryl methyl sites for hydroxylation is 1. The molecular formula is C28H29NO2S. The van der Waals surface area contributed by atoms with E-state index >= 15 is 0 Å². The van der Waals surface area contributed by atoms with Gasteiger partial charge in [-0.15, -0.1) is 6.58 Å². The minimum Gasteiger partial charge on any atom is -0.481 e. The van der Waals surface area contributed by atoms with Crippen LogP contribution in [0.2, 0.25) is 0 Å². The molecule has 0 bridgehead atoms. The van der Waals surface area contributed by atoms with Gasteiger partial charge in [0.1, 0.15) is 0 Å². The highest BCUT2D eigenvalue weighted by Gasteiger charge is 2.35. The molecule has 1 atom stereocenters. The van der Waals surface area contributed by atoms with Crippen LogP contribution >= 0.6 is 11.9 Å². The van der Waals surface area contributed by atoms with Gasteiger partial charge in [-0.1, -0.05) is 72.1 Å². The third kappa shape index (κ3) is 3.63. The lowest BCUT2D eigenvalue weighted by molar-refractivity contribution is -0.136. The van der Waals surface area contributed by atoms with Gasteiger partial charge in [-0.05, 0) is 66.1 Å². The second kappa shape index (κ2) is 8.87. The second-order valence-electron chi connectivity index (χ2n) is 8.40. The van der Waals surface area contributed by atoms with Crippen molar-refractivity contribution in [1.29, 1.82) is 0 Å². The first-order valence-corrected chi connectivity index (χ1v) is 12.1. The van der Waals surface area contributed by atoms with Crippen LogP contribution in [0.25, 0.3) is 22.3 Å². The van der Waals surface area contributed by atoms with Crippen molar-refractivity contribution >= 4 is 23.6 Å². The molecule has 1 heterocycles. The fourth-order valence-electron chi connectivity index (χ4n) is 5.03. The van der Waals surface area contributed by atoms with Crippen molar-refractivity contribution in [2.75, 3.05) is 10.6 Å². The third-order valence-corrected chi connectivity index (χ3v) is 7.27. The number of rotatable bonds is 6. The standard InChI is InChI=1S/C28H29NO2S/c1-6-9-24-21-10-7-8-11-22(21)27-19(4)26(20-14-12-17(2)13-15-20)23(16-25(30)31)18(3)28(27)29(24)32-5/h6-8,10-15,24H,1,9,16H2,2-5H3,(H,30,31)/t24-/m0/s1. The molecule has 3 nitrogen and oxygen atoms in total. The van der Waals surface area contributed by atoms with E-state index in [1.165, 1.54) is 22.3 Å². The van der Waals surface area contributed by atoms with Crippen molar-refractivity contribution in [1.82, 2.24) is 0 Å². The van der Waals surface area contributed by atoms with Crippen LogP contribution in [0.4, 0.5) is 5.69 Å². The largest absolute Gasteiger partial charge is 0.481 e. The molecular weight excluding hydrogens is 414 g/mol. The first-order valence-electron chi connectivity index (χ1n) is 10.9. The highest BCUT2D eigenvalue weighted by atomic mass is 32.2. The highest BCUT2D eigenvalue weighted by Crippen LogP contribution is 2.54. The van der Waals surface area contributed by atoms with Crippen molar-refractivity contribution < 1.29 is 9.90 Å². The summed E-state index contributed by atoms with van der Waals surface area (Å²) in [5.41, 5.74) is 11.2. The summed E-state index contributed by atoms with van der Waals surface area (Å²) in [5, 5.41) is 9.79. The molecule has 0 spiro atoms. The fourth-order valence-corrected chi connectivity index (χ4v) is 5.90. The van der Waals surface area contributed by atoms with E-state index in [0.717, 1.165) is 39.9 Å². The molecule has 1 N–H and O–H groups in total. The van der Waals surface area contributed by atoms with Crippen LogP contribution in [0.1, 0.15) is 40.3 Å². The zero-order chi connectivity index (χ0) is 23.0. The lowest BCUT2D eigenvalue weighted by atomic mass is 9.79. The Hall–Kier alpha value is -2.98. The van der Waals surface area contributed by atoms with E-state index in [9.17, 15) is 9.90 Å². The average Bonchev–Trinajstić information content (AvgIpc) is 2.78. The summed E-state index contributed by atoms with van der Waals surface area (Å²) < 4.78 is 2.35. The summed E-state index contributed by atoms with van der Waals surface area (Å²) in [6.45, 7) is 10.3. The van der Waals surface area contributed by atoms with Gasteiger partial charge in [0.05, 0.1) is 18.2 Å². The van der Waals surface area contributed by atoms with Gasteiger partial charge in [-0.25, -0.2) is 0 Å². The summed E-state index contributed by atoms with van der Waals surface area (Å²) in [6.07, 6.45) is 4.88. The third-order valence-electron chi connectivity index (χ3n) is 6.44. The Morgan fingerprint density at radius 2 is 1.75 bits per heavy atom. The zero-order valence-corrected chi connectivity index (χ0v) is 19.9. The number of hydrogen-bond acceptors (Lipinski definition) is 3. The Morgan fingerprint density at radius 3 is 2.38 bits per heavy atom. The van der Waals surface area contributed by atoms with Crippen molar-refractivity contribution in [2.45, 2.75) is 39.7 Å². The average molecular weight is 444 g/mol. The zero-order valence-electron chi connectivity index (χ0n) is 19.1. The van der Waals surface area contributed by atoms with Crippen LogP contribution in [0.5, 0.6) is 0 Å². The van der Waals surface area contributed by atoms with Gasteiger partial charge in [-0.2, -0.15) is 0 Å². The molecule has 3 aromatic carbocycles. The maximum atomic E-state index is 11.9. The number of benzene rings is 3. The number of carboxylic acid groups (broad SMARTS) is 1. The fraction of sp³-hybridized carbons (Fsp3) is 0.250. The minimum atomic E-state index is -0.810. The quantitative estimate of drug-likeness (QED) is 0.321. The van der Waals surface area contributed by atoms with E-state index in [0.29, 0.717) is 0 Å². The van der Waals surface area contributed by atoms with E-state index in [1.807, 2.05) is 6.08 Å². The Bertz CT molecular complexity index is 1200. The summed E-state index contributed by atoms with van der Waals surface area (Å²) >= 11 is 1.69. The molecule has 0 saturated heterocycles. The topological polar surface area (TPSA) is 40.5 Å². The molecule has 0 aromatic heterocycles. The maximum absolute atomic E-state index is 11.9. The van der Waals surface area contributed by atoms with Gasteiger partial charge in [0.15, 0.2) is 0 Å². The molecule has 1 aliphatic rings. The van der Waals surface area contributed by atoms with Crippen LogP contribution in [0, 0.1) is 20.8 Å². The minimum absolute atomic E-state index is 0.000837. The van der Waals surface area contributed by atoms with Crippen LogP contribution in [0.3, 0.4) is 0 Å². The van der Waals surface area contributed by atoms with Crippen LogP contribution in [0.15, 0.2) is 61.2 Å². The molecule has 0 fully saturated rings. The van der Waals surface area contributed by atoms with E-state index < -0.39 is 5.97 Å². The van der Waals surface area contributed by atoms with E-state index in [2.05, 4.69) is 86.4 Å². The Kier molecular flexibility index (Phi) is 6.16. The first kappa shape index (κ1) is 22.2. The number of nitrogens with zero attached hydrogens (tertiary/aromatic N) is 1. The van der Waals surface area contributed by atoms with E-state index in [-0.39, 0.29) is 12.5 Å². The molecule has 164 valence electrons. The van der Waals surface area contributed by atoms with Crippen LogP contribution < -0.4 is 4.31 Å². The van der Waals surface area contributed by atoms with E-state index in [4.69, 9.17) is 0 Å². The second-order valence-corrected chi connectivity index (χ2v) is 9.16. The molecule has 4 rings (SSSR count). The summed E-state index contributed by atoms with van der Waals surface area (Å²) in [4.78, 5) is 11.9. The lowest BCUT2D eigenvalue weighted by Crippen LogP contribution is -2.28. The van der Waals surface area contributed by atoms with E-state index in [1.54, 1.807) is 11.9 Å². The molecule has 0 radical (unpaired) electrons. The summed E-state index contributed by atoms with van der Waals surface area (Å²) in [6, 6.07) is 17.2. The van der Waals surface area contributed by atoms with Crippen molar-refractivity contribution in [3.05, 3.63) is 89.0 Å². The molecule has 0 unspecified atom stereocenters. The van der Waals surface area contributed by atoms with Crippen LogP contribution in [-0.4, -0.2) is 17.3 Å². The van der Waals surface area contributed by atoms with Gasteiger partial charge < -0.3 is 9.41 Å². The number of anilines is 1. The van der Waals surface area contributed by atoms with Gasteiger partial charge in [0, 0.05) is 11.8 Å². The molecule has 0 saturated carbocycles. The normalized spacial score (nSPS) is 14.6. The highest BCUT2D eigenvalue weighted by molar-refractivity contribution is 8.00. The molecule has 4 heteroatoms. The van der Waals surface area contributed by atoms with Crippen molar-refractivity contribution in [3.8, 4) is 22.3 Å². The van der Waals surface area contributed by atoms with Gasteiger partial charge in [0.25, 0.3) is 0 Å². The predicted molar refractivity (Wildman–Crippen MR) is 136 cm³/mol. The number of carboxylic acids is 1.